The number of hydrogen-bond donors (Lipinski definition) is 1. The number of hydrogen-bond acceptors (Lipinski definition) is 3. The molecule has 1 aromatic carbocycles. The molecule has 0 aliphatic heterocycles. The summed E-state index contributed by atoms with van der Waals surface area (Å²) in [5, 5.41) is 3.06. The first kappa shape index (κ1) is 20.2. The van der Waals surface area contributed by atoms with Gasteiger partial charge in [0.25, 0.3) is 0 Å². The summed E-state index contributed by atoms with van der Waals surface area (Å²) < 4.78 is 22.2. The lowest BCUT2D eigenvalue weighted by Gasteiger charge is -2.22. The molecule has 0 radical (unpaired) electrons. The van der Waals surface area contributed by atoms with Crippen LogP contribution in [0.4, 0.5) is 0 Å². The lowest BCUT2D eigenvalue weighted by molar-refractivity contribution is 0.477. The Morgan fingerprint density at radius 3 is 2.48 bits per heavy atom. The van der Waals surface area contributed by atoms with Crippen LogP contribution in [0.5, 0.6) is 0 Å². The summed E-state index contributed by atoms with van der Waals surface area (Å²) in [6, 6.07) is 8.17. The molecule has 0 fully saturated rings. The van der Waals surface area contributed by atoms with Crippen LogP contribution in [0.1, 0.15) is 11.1 Å². The third-order valence-electron chi connectivity index (χ3n) is 3.00. The Morgan fingerprint density at radius 1 is 1.33 bits per heavy atom. The van der Waals surface area contributed by atoms with Gasteiger partial charge in [-0.2, -0.15) is 0 Å². The van der Waals surface area contributed by atoms with Crippen molar-refractivity contribution in [3.63, 3.8) is 0 Å². The SMILES string of the molecule is CN=C(NCCS(C)(=O)=O)N(C)Cc1ccccc1C.I. The highest BCUT2D eigenvalue weighted by Crippen LogP contribution is 2.09. The molecule has 7 heteroatoms. The van der Waals surface area contributed by atoms with E-state index in [9.17, 15) is 8.42 Å². The van der Waals surface area contributed by atoms with Gasteiger partial charge in [0.1, 0.15) is 9.84 Å². The van der Waals surface area contributed by atoms with Gasteiger partial charge >= 0.3 is 0 Å². The van der Waals surface area contributed by atoms with Gasteiger partial charge in [0.2, 0.25) is 0 Å². The number of guanidine groups is 1. The first-order valence-electron chi connectivity index (χ1n) is 6.47. The van der Waals surface area contributed by atoms with E-state index in [0.29, 0.717) is 12.5 Å². The minimum atomic E-state index is -2.96. The zero-order valence-corrected chi connectivity index (χ0v) is 16.1. The highest BCUT2D eigenvalue weighted by Gasteiger charge is 2.09. The van der Waals surface area contributed by atoms with Crippen molar-refractivity contribution in [2.24, 2.45) is 4.99 Å². The van der Waals surface area contributed by atoms with E-state index in [1.165, 1.54) is 17.4 Å². The van der Waals surface area contributed by atoms with Crippen LogP contribution in [0, 0.1) is 6.92 Å². The van der Waals surface area contributed by atoms with Crippen molar-refractivity contribution in [2.45, 2.75) is 13.5 Å². The van der Waals surface area contributed by atoms with E-state index < -0.39 is 9.84 Å². The van der Waals surface area contributed by atoms with Crippen LogP contribution < -0.4 is 5.32 Å². The molecule has 1 N–H and O–H groups in total. The van der Waals surface area contributed by atoms with Crippen molar-refractivity contribution in [3.8, 4) is 0 Å². The molecule has 0 unspecified atom stereocenters. The van der Waals surface area contributed by atoms with E-state index in [2.05, 4.69) is 29.4 Å². The minimum absolute atomic E-state index is 0. The average Bonchev–Trinajstić information content (AvgIpc) is 2.36. The standard InChI is InChI=1S/C14H23N3O2S.HI/c1-12-7-5-6-8-13(12)11-17(3)14(15-2)16-9-10-20(4,18)19;/h5-8H,9-11H2,1-4H3,(H,15,16);1H. The van der Waals surface area contributed by atoms with E-state index in [1.807, 2.05) is 24.1 Å². The summed E-state index contributed by atoms with van der Waals surface area (Å²) in [6.45, 7) is 3.16. The maximum Gasteiger partial charge on any atom is 0.193 e. The third kappa shape index (κ3) is 7.66. The van der Waals surface area contributed by atoms with Crippen molar-refractivity contribution in [1.82, 2.24) is 10.2 Å². The number of aryl methyl sites for hydroxylation is 1. The summed E-state index contributed by atoms with van der Waals surface area (Å²) in [5.41, 5.74) is 2.45. The van der Waals surface area contributed by atoms with Crippen LogP contribution >= 0.6 is 24.0 Å². The summed E-state index contributed by atoms with van der Waals surface area (Å²) in [5.74, 6) is 0.793. The fourth-order valence-electron chi connectivity index (χ4n) is 1.85. The fraction of sp³-hybridized carbons (Fsp3) is 0.500. The molecule has 120 valence electrons. The Morgan fingerprint density at radius 2 is 1.95 bits per heavy atom. The van der Waals surface area contributed by atoms with Crippen molar-refractivity contribution in [1.29, 1.82) is 0 Å². The van der Waals surface area contributed by atoms with Crippen molar-refractivity contribution in [2.75, 3.05) is 32.6 Å². The fourth-order valence-corrected chi connectivity index (χ4v) is 2.32. The molecule has 1 aromatic rings. The molecule has 0 heterocycles. The van der Waals surface area contributed by atoms with E-state index in [1.54, 1.807) is 7.05 Å². The Kier molecular flexibility index (Phi) is 8.88. The van der Waals surface area contributed by atoms with E-state index in [0.717, 1.165) is 6.54 Å². The van der Waals surface area contributed by atoms with Gasteiger partial charge in [0, 0.05) is 33.4 Å². The quantitative estimate of drug-likeness (QED) is 0.443. The molecule has 0 amide bonds. The smallest absolute Gasteiger partial charge is 0.193 e. The van der Waals surface area contributed by atoms with Crippen LogP contribution in [0.15, 0.2) is 29.3 Å². The molecule has 0 bridgehead atoms. The zero-order valence-electron chi connectivity index (χ0n) is 13.0. The number of nitrogens with one attached hydrogen (secondary N) is 1. The van der Waals surface area contributed by atoms with Gasteiger partial charge in [-0.1, -0.05) is 24.3 Å². The monoisotopic (exact) mass is 425 g/mol. The van der Waals surface area contributed by atoms with Crippen LogP contribution in [0.3, 0.4) is 0 Å². The highest BCUT2D eigenvalue weighted by molar-refractivity contribution is 14.0. The second-order valence-corrected chi connectivity index (χ2v) is 7.15. The Labute approximate surface area is 144 Å². The summed E-state index contributed by atoms with van der Waals surface area (Å²) in [7, 11) is 0.669. The van der Waals surface area contributed by atoms with Gasteiger partial charge in [-0.25, -0.2) is 8.42 Å². The average molecular weight is 425 g/mol. The molecule has 0 spiro atoms. The van der Waals surface area contributed by atoms with E-state index in [4.69, 9.17) is 0 Å². The van der Waals surface area contributed by atoms with E-state index in [-0.39, 0.29) is 29.7 Å². The van der Waals surface area contributed by atoms with Gasteiger partial charge in [-0.3, -0.25) is 4.99 Å². The molecular formula is C14H24IN3O2S. The summed E-state index contributed by atoms with van der Waals surface area (Å²) >= 11 is 0. The Hall–Kier alpha value is -0.830. The first-order chi connectivity index (χ1) is 9.33. The summed E-state index contributed by atoms with van der Waals surface area (Å²) in [4.78, 5) is 6.15. The van der Waals surface area contributed by atoms with Crippen molar-refractivity contribution >= 4 is 39.8 Å². The molecule has 0 saturated heterocycles. The van der Waals surface area contributed by atoms with Gasteiger partial charge in [-0.05, 0) is 18.1 Å². The number of rotatable bonds is 5. The second kappa shape index (κ2) is 9.24. The maximum absolute atomic E-state index is 11.1. The van der Waals surface area contributed by atoms with E-state index >= 15 is 0 Å². The topological polar surface area (TPSA) is 61.8 Å². The first-order valence-corrected chi connectivity index (χ1v) is 8.53. The third-order valence-corrected chi connectivity index (χ3v) is 3.94. The maximum atomic E-state index is 11.1. The molecule has 0 atom stereocenters. The van der Waals surface area contributed by atoms with Gasteiger partial charge in [0.05, 0.1) is 5.75 Å². The largest absolute Gasteiger partial charge is 0.355 e. The highest BCUT2D eigenvalue weighted by atomic mass is 127. The molecule has 0 aromatic heterocycles. The number of benzene rings is 1. The minimum Gasteiger partial charge on any atom is -0.355 e. The molecule has 0 aliphatic carbocycles. The van der Waals surface area contributed by atoms with Crippen LogP contribution in [-0.4, -0.2) is 51.9 Å². The second-order valence-electron chi connectivity index (χ2n) is 4.89. The van der Waals surface area contributed by atoms with Crippen LogP contribution in [0.2, 0.25) is 0 Å². The van der Waals surface area contributed by atoms with Crippen LogP contribution in [-0.2, 0) is 16.4 Å². The molecular weight excluding hydrogens is 401 g/mol. The molecule has 5 nitrogen and oxygen atoms in total. The summed E-state index contributed by atoms with van der Waals surface area (Å²) in [6.07, 6.45) is 1.23. The Bertz CT molecular complexity index is 573. The number of aliphatic imine (C=N–C) groups is 1. The van der Waals surface area contributed by atoms with Gasteiger partial charge < -0.3 is 10.2 Å². The number of halogens is 1. The molecule has 0 aliphatic rings. The van der Waals surface area contributed by atoms with Crippen LogP contribution in [0.25, 0.3) is 0 Å². The van der Waals surface area contributed by atoms with Gasteiger partial charge in [-0.15, -0.1) is 24.0 Å². The lowest BCUT2D eigenvalue weighted by Crippen LogP contribution is -2.40. The predicted octanol–water partition coefficient (Wildman–Crippen LogP) is 1.66. The molecule has 0 saturated carbocycles. The molecule has 1 rings (SSSR count). The number of sulfone groups is 1. The molecule has 21 heavy (non-hydrogen) atoms. The Balaban J connectivity index is 0.00000400. The van der Waals surface area contributed by atoms with Gasteiger partial charge in [0.15, 0.2) is 5.96 Å². The number of nitrogens with zero attached hydrogens (tertiary/aromatic N) is 2. The zero-order chi connectivity index (χ0) is 15.2. The predicted molar refractivity (Wildman–Crippen MR) is 99.1 cm³/mol. The lowest BCUT2D eigenvalue weighted by atomic mass is 10.1. The van der Waals surface area contributed by atoms with Crippen molar-refractivity contribution < 1.29 is 8.42 Å². The normalized spacial score (nSPS) is 11.7. The van der Waals surface area contributed by atoms with Crippen molar-refractivity contribution in [3.05, 3.63) is 35.4 Å².